The van der Waals surface area contributed by atoms with Gasteiger partial charge in [-0.1, -0.05) is 40.2 Å². The van der Waals surface area contributed by atoms with Crippen LogP contribution in [0.1, 0.15) is 11.1 Å². The van der Waals surface area contributed by atoms with Crippen LogP contribution in [0.2, 0.25) is 0 Å². The molecule has 0 atom stereocenters. The van der Waals surface area contributed by atoms with Crippen LogP contribution in [0.15, 0.2) is 53.0 Å². The van der Waals surface area contributed by atoms with Gasteiger partial charge in [0.25, 0.3) is 0 Å². The number of carbonyl (C=O) groups excluding carboxylic acids is 1. The van der Waals surface area contributed by atoms with Crippen molar-refractivity contribution in [1.29, 1.82) is 0 Å². The highest BCUT2D eigenvalue weighted by molar-refractivity contribution is 9.10. The highest BCUT2D eigenvalue weighted by Crippen LogP contribution is 2.34. The van der Waals surface area contributed by atoms with Crippen molar-refractivity contribution in [3.8, 4) is 0 Å². The second-order valence-corrected chi connectivity index (χ2v) is 5.31. The average Bonchev–Trinajstić information content (AvgIpc) is 2.41. The van der Waals surface area contributed by atoms with Crippen LogP contribution in [-0.4, -0.2) is 5.91 Å². The van der Waals surface area contributed by atoms with Crippen LogP contribution in [0.25, 0.3) is 0 Å². The third kappa shape index (κ3) is 4.32. The Labute approximate surface area is 128 Å². The summed E-state index contributed by atoms with van der Waals surface area (Å²) >= 11 is 3.27. The molecule has 0 bridgehead atoms. The van der Waals surface area contributed by atoms with Gasteiger partial charge in [-0.15, -0.1) is 0 Å². The molecule has 0 heterocycles. The summed E-state index contributed by atoms with van der Waals surface area (Å²) in [5, 5.41) is 2.31. The molecule has 2 aromatic carbocycles. The van der Waals surface area contributed by atoms with Gasteiger partial charge < -0.3 is 5.32 Å². The Kier molecular flexibility index (Phi) is 4.67. The van der Waals surface area contributed by atoms with Crippen LogP contribution in [0.3, 0.4) is 0 Å². The minimum absolute atomic E-state index is 0.0134. The lowest BCUT2D eigenvalue weighted by Gasteiger charge is -2.13. The predicted octanol–water partition coefficient (Wildman–Crippen LogP) is 4.65. The van der Waals surface area contributed by atoms with E-state index in [0.29, 0.717) is 0 Å². The third-order valence-corrected chi connectivity index (χ3v) is 3.31. The molecule has 0 aromatic heterocycles. The van der Waals surface area contributed by atoms with Crippen molar-refractivity contribution in [1.82, 2.24) is 0 Å². The zero-order chi connectivity index (χ0) is 15.5. The molecule has 0 fully saturated rings. The monoisotopic (exact) mass is 357 g/mol. The number of para-hydroxylation sites is 1. The van der Waals surface area contributed by atoms with Crippen molar-refractivity contribution in [2.75, 3.05) is 5.32 Å². The number of anilines is 1. The summed E-state index contributed by atoms with van der Waals surface area (Å²) in [6.07, 6.45) is -4.49. The maximum Gasteiger partial charge on any atom is 0.418 e. The van der Waals surface area contributed by atoms with E-state index in [4.69, 9.17) is 0 Å². The number of alkyl halides is 3. The number of hydrogen-bond donors (Lipinski definition) is 1. The number of nitrogens with one attached hydrogen (secondary N) is 1. The Balaban J connectivity index is 2.11. The second-order valence-electron chi connectivity index (χ2n) is 4.39. The highest BCUT2D eigenvalue weighted by Gasteiger charge is 2.33. The van der Waals surface area contributed by atoms with Crippen LogP contribution >= 0.6 is 15.9 Å². The summed E-state index contributed by atoms with van der Waals surface area (Å²) < 4.78 is 39.3. The van der Waals surface area contributed by atoms with Crippen molar-refractivity contribution in [3.63, 3.8) is 0 Å². The van der Waals surface area contributed by atoms with Crippen LogP contribution in [0, 0.1) is 0 Å². The van der Waals surface area contributed by atoms with Gasteiger partial charge in [-0.2, -0.15) is 13.2 Å². The third-order valence-electron chi connectivity index (χ3n) is 2.78. The van der Waals surface area contributed by atoms with Crippen molar-refractivity contribution < 1.29 is 18.0 Å². The van der Waals surface area contributed by atoms with E-state index in [-0.39, 0.29) is 12.1 Å². The number of amides is 1. The minimum Gasteiger partial charge on any atom is -0.325 e. The summed E-state index contributed by atoms with van der Waals surface area (Å²) in [5.41, 5.74) is -0.360. The fraction of sp³-hybridized carbons (Fsp3) is 0.133. The summed E-state index contributed by atoms with van der Waals surface area (Å²) in [7, 11) is 0. The molecule has 110 valence electrons. The van der Waals surface area contributed by atoms with Gasteiger partial charge in [0, 0.05) is 4.47 Å². The van der Waals surface area contributed by atoms with Gasteiger partial charge in [-0.25, -0.2) is 0 Å². The lowest BCUT2D eigenvalue weighted by Crippen LogP contribution is -2.18. The van der Waals surface area contributed by atoms with E-state index in [1.165, 1.54) is 18.2 Å². The maximum atomic E-state index is 12.8. The molecule has 1 N–H and O–H groups in total. The Hall–Kier alpha value is -1.82. The summed E-state index contributed by atoms with van der Waals surface area (Å²) in [5.74, 6) is -0.492. The van der Waals surface area contributed by atoms with Crippen LogP contribution in [-0.2, 0) is 17.4 Å². The van der Waals surface area contributed by atoms with E-state index in [9.17, 15) is 18.0 Å². The lowest BCUT2D eigenvalue weighted by atomic mass is 10.1. The molecular formula is C15H11BrF3NO. The fourth-order valence-corrected chi connectivity index (χ4v) is 2.09. The highest BCUT2D eigenvalue weighted by atomic mass is 79.9. The first-order chi connectivity index (χ1) is 9.86. The van der Waals surface area contributed by atoms with E-state index in [1.807, 2.05) is 0 Å². The van der Waals surface area contributed by atoms with Gasteiger partial charge in [0.2, 0.25) is 5.91 Å². The summed E-state index contributed by atoms with van der Waals surface area (Å²) in [6, 6.07) is 11.9. The van der Waals surface area contributed by atoms with Gasteiger partial charge in [0.15, 0.2) is 0 Å². The van der Waals surface area contributed by atoms with E-state index >= 15 is 0 Å². The molecule has 21 heavy (non-hydrogen) atoms. The molecule has 0 saturated carbocycles. The first-order valence-corrected chi connectivity index (χ1v) is 6.86. The molecule has 2 rings (SSSR count). The number of rotatable bonds is 3. The van der Waals surface area contributed by atoms with Gasteiger partial charge in [0.05, 0.1) is 17.7 Å². The standard InChI is InChI=1S/C15H11BrF3NO/c16-11-7-5-10(6-8-11)9-14(21)20-13-4-2-1-3-12(13)15(17,18)19/h1-8H,9H2,(H,20,21). The molecular weight excluding hydrogens is 347 g/mol. The quantitative estimate of drug-likeness (QED) is 0.850. The van der Waals surface area contributed by atoms with Crippen molar-refractivity contribution in [2.45, 2.75) is 12.6 Å². The number of halogens is 4. The average molecular weight is 358 g/mol. The van der Waals surface area contributed by atoms with E-state index in [1.54, 1.807) is 24.3 Å². The van der Waals surface area contributed by atoms with Gasteiger partial charge >= 0.3 is 6.18 Å². The molecule has 0 aliphatic rings. The Morgan fingerprint density at radius 3 is 2.29 bits per heavy atom. The largest absolute Gasteiger partial charge is 0.418 e. The predicted molar refractivity (Wildman–Crippen MR) is 77.9 cm³/mol. The zero-order valence-electron chi connectivity index (χ0n) is 10.7. The van der Waals surface area contributed by atoms with E-state index < -0.39 is 17.6 Å². The molecule has 0 unspecified atom stereocenters. The van der Waals surface area contributed by atoms with Crippen LogP contribution in [0.4, 0.5) is 18.9 Å². The first kappa shape index (κ1) is 15.6. The molecule has 6 heteroatoms. The molecule has 0 aliphatic heterocycles. The molecule has 2 nitrogen and oxygen atoms in total. The maximum absolute atomic E-state index is 12.8. The van der Waals surface area contributed by atoms with E-state index in [0.717, 1.165) is 16.1 Å². The summed E-state index contributed by atoms with van der Waals surface area (Å²) in [4.78, 5) is 11.9. The fourth-order valence-electron chi connectivity index (χ4n) is 1.82. The minimum atomic E-state index is -4.50. The molecule has 1 amide bonds. The molecule has 0 saturated heterocycles. The SMILES string of the molecule is O=C(Cc1ccc(Br)cc1)Nc1ccccc1C(F)(F)F. The van der Waals surface area contributed by atoms with Gasteiger partial charge in [0.1, 0.15) is 0 Å². The Bertz CT molecular complexity index is 638. The number of carbonyl (C=O) groups is 1. The number of hydrogen-bond acceptors (Lipinski definition) is 1. The normalized spacial score (nSPS) is 11.2. The van der Waals surface area contributed by atoms with E-state index in [2.05, 4.69) is 21.2 Å². The summed E-state index contributed by atoms with van der Waals surface area (Å²) in [6.45, 7) is 0. The second kappa shape index (κ2) is 6.30. The Morgan fingerprint density at radius 1 is 1.05 bits per heavy atom. The zero-order valence-corrected chi connectivity index (χ0v) is 12.3. The smallest absolute Gasteiger partial charge is 0.325 e. The van der Waals surface area contributed by atoms with Crippen molar-refractivity contribution in [3.05, 3.63) is 64.1 Å². The van der Waals surface area contributed by atoms with Crippen molar-refractivity contribution >= 4 is 27.5 Å². The van der Waals surface area contributed by atoms with Crippen molar-refractivity contribution in [2.24, 2.45) is 0 Å². The van der Waals surface area contributed by atoms with Crippen LogP contribution in [0.5, 0.6) is 0 Å². The van der Waals surface area contributed by atoms with Gasteiger partial charge in [-0.3, -0.25) is 4.79 Å². The molecule has 0 spiro atoms. The first-order valence-electron chi connectivity index (χ1n) is 6.07. The molecule has 2 aromatic rings. The Morgan fingerprint density at radius 2 is 1.67 bits per heavy atom. The van der Waals surface area contributed by atoms with Crippen LogP contribution < -0.4 is 5.32 Å². The number of benzene rings is 2. The molecule has 0 aliphatic carbocycles. The topological polar surface area (TPSA) is 29.1 Å². The van der Waals surface area contributed by atoms with Gasteiger partial charge in [-0.05, 0) is 29.8 Å². The molecule has 0 radical (unpaired) electrons. The lowest BCUT2D eigenvalue weighted by molar-refractivity contribution is -0.137.